The number of aromatic nitrogens is 2. The molecule has 1 saturated heterocycles. The van der Waals surface area contributed by atoms with Gasteiger partial charge in [-0.2, -0.15) is 4.98 Å². The molecule has 2 aromatic carbocycles. The number of likely N-dealkylation sites (tertiary alicyclic amines) is 1. The quantitative estimate of drug-likeness (QED) is 0.431. The van der Waals surface area contributed by atoms with Crippen LogP contribution in [0.5, 0.6) is 11.5 Å². The van der Waals surface area contributed by atoms with Crippen LogP contribution in [-0.4, -0.2) is 53.5 Å². The van der Waals surface area contributed by atoms with E-state index in [2.05, 4.69) is 10.1 Å². The Kier molecular flexibility index (Phi) is 7.57. The molecule has 3 aromatic rings. The van der Waals surface area contributed by atoms with Gasteiger partial charge in [0.1, 0.15) is 0 Å². The van der Waals surface area contributed by atoms with Crippen molar-refractivity contribution in [2.75, 3.05) is 26.8 Å². The number of ether oxygens (including phenoxy) is 2. The second kappa shape index (κ2) is 11.0. The van der Waals surface area contributed by atoms with Crippen LogP contribution in [0.3, 0.4) is 0 Å². The molecule has 1 aromatic heterocycles. The zero-order valence-corrected chi connectivity index (χ0v) is 19.5. The van der Waals surface area contributed by atoms with Gasteiger partial charge < -0.3 is 18.9 Å². The van der Waals surface area contributed by atoms with Gasteiger partial charge in [-0.1, -0.05) is 35.5 Å². The van der Waals surface area contributed by atoms with Crippen LogP contribution in [0.15, 0.2) is 53.1 Å². The van der Waals surface area contributed by atoms with Crippen molar-refractivity contribution in [2.24, 2.45) is 0 Å². The van der Waals surface area contributed by atoms with E-state index < -0.39 is 0 Å². The van der Waals surface area contributed by atoms with Crippen LogP contribution in [0.25, 0.3) is 11.4 Å². The van der Waals surface area contributed by atoms with Gasteiger partial charge in [0.2, 0.25) is 17.6 Å². The first kappa shape index (κ1) is 23.5. The van der Waals surface area contributed by atoms with E-state index in [1.54, 1.807) is 19.2 Å². The summed E-state index contributed by atoms with van der Waals surface area (Å²) in [6.07, 6.45) is 1.93. The molecule has 1 amide bonds. The highest BCUT2D eigenvalue weighted by Gasteiger charge is 2.28. The van der Waals surface area contributed by atoms with Gasteiger partial charge >= 0.3 is 0 Å². The molecule has 8 heteroatoms. The highest BCUT2D eigenvalue weighted by atomic mass is 16.5. The Bertz CT molecular complexity index is 1120. The number of hydrogen-bond acceptors (Lipinski definition) is 7. The summed E-state index contributed by atoms with van der Waals surface area (Å²) in [6, 6.07) is 14.6. The van der Waals surface area contributed by atoms with Crippen LogP contribution in [0.2, 0.25) is 0 Å². The lowest BCUT2D eigenvalue weighted by atomic mass is 9.96. The van der Waals surface area contributed by atoms with Crippen molar-refractivity contribution in [1.29, 1.82) is 0 Å². The molecule has 4 rings (SSSR count). The van der Waals surface area contributed by atoms with E-state index in [-0.39, 0.29) is 30.4 Å². The van der Waals surface area contributed by atoms with Crippen molar-refractivity contribution < 1.29 is 23.6 Å². The molecule has 0 atom stereocenters. The second-order valence-corrected chi connectivity index (χ2v) is 8.20. The number of piperidine rings is 1. The minimum atomic E-state index is -0.00635. The van der Waals surface area contributed by atoms with E-state index in [1.165, 1.54) is 0 Å². The molecule has 0 unspecified atom stereocenters. The van der Waals surface area contributed by atoms with E-state index in [9.17, 15) is 9.59 Å². The highest BCUT2D eigenvalue weighted by molar-refractivity contribution is 5.97. The average Bonchev–Trinajstić information content (AvgIpc) is 3.38. The Labute approximate surface area is 198 Å². The molecule has 0 radical (unpaired) electrons. The molecule has 1 aliphatic heterocycles. The molecular formula is C26H29N3O5. The lowest BCUT2D eigenvalue weighted by molar-refractivity contribution is -0.132. The fourth-order valence-corrected chi connectivity index (χ4v) is 4.12. The number of carbonyl (C=O) groups is 2. The molecule has 2 heterocycles. The van der Waals surface area contributed by atoms with Gasteiger partial charge in [0, 0.05) is 43.0 Å². The molecule has 0 bridgehead atoms. The Hall–Kier alpha value is -3.68. The zero-order chi connectivity index (χ0) is 23.9. The monoisotopic (exact) mass is 463 g/mol. The average molecular weight is 464 g/mol. The Morgan fingerprint density at radius 3 is 2.53 bits per heavy atom. The Morgan fingerprint density at radius 2 is 1.82 bits per heavy atom. The molecule has 8 nitrogen and oxygen atoms in total. The van der Waals surface area contributed by atoms with Gasteiger partial charge in [-0.15, -0.1) is 0 Å². The first-order valence-electron chi connectivity index (χ1n) is 11.6. The summed E-state index contributed by atoms with van der Waals surface area (Å²) in [4.78, 5) is 31.3. The summed E-state index contributed by atoms with van der Waals surface area (Å²) in [7, 11) is 1.59. The van der Waals surface area contributed by atoms with Gasteiger partial charge in [-0.3, -0.25) is 9.59 Å². The predicted molar refractivity (Wildman–Crippen MR) is 126 cm³/mol. The van der Waals surface area contributed by atoms with Gasteiger partial charge in [-0.25, -0.2) is 0 Å². The molecule has 0 saturated carbocycles. The van der Waals surface area contributed by atoms with E-state index >= 15 is 0 Å². The third kappa shape index (κ3) is 5.44. The number of methoxy groups -OCH3 is 1. The molecular weight excluding hydrogens is 434 g/mol. The molecule has 0 spiro atoms. The fourth-order valence-electron chi connectivity index (χ4n) is 4.12. The zero-order valence-electron chi connectivity index (χ0n) is 19.5. The van der Waals surface area contributed by atoms with Crippen LogP contribution in [0.1, 0.15) is 54.8 Å². The maximum Gasteiger partial charge on any atom is 0.230 e. The number of nitrogens with zero attached hydrogens (tertiary/aromatic N) is 3. The molecule has 34 heavy (non-hydrogen) atoms. The SMILES string of the molecule is CCOc1ccc(-c2noc(C3CCN(C(=O)CCC(=O)c4ccccc4)CC3)n2)cc1OC. The van der Waals surface area contributed by atoms with Crippen LogP contribution in [0, 0.1) is 0 Å². The number of benzene rings is 2. The van der Waals surface area contributed by atoms with E-state index in [1.807, 2.05) is 48.2 Å². The number of carbonyl (C=O) groups excluding carboxylic acids is 2. The minimum Gasteiger partial charge on any atom is -0.493 e. The number of ketones is 1. The van der Waals surface area contributed by atoms with Crippen molar-refractivity contribution in [3.8, 4) is 22.9 Å². The normalized spacial score (nSPS) is 14.1. The summed E-state index contributed by atoms with van der Waals surface area (Å²) in [6.45, 7) is 3.68. The minimum absolute atomic E-state index is 0.00635. The van der Waals surface area contributed by atoms with Gasteiger partial charge in [0.05, 0.1) is 13.7 Å². The smallest absolute Gasteiger partial charge is 0.230 e. The van der Waals surface area contributed by atoms with E-state index in [0.717, 1.165) is 18.4 Å². The molecule has 1 aliphatic rings. The summed E-state index contributed by atoms with van der Waals surface area (Å²) in [5.74, 6) is 2.45. The topological polar surface area (TPSA) is 94.8 Å². The molecule has 0 aliphatic carbocycles. The summed E-state index contributed by atoms with van der Waals surface area (Å²) in [5, 5.41) is 4.14. The number of rotatable bonds is 9. The van der Waals surface area contributed by atoms with Crippen LogP contribution in [0.4, 0.5) is 0 Å². The van der Waals surface area contributed by atoms with E-state index in [4.69, 9.17) is 14.0 Å². The predicted octanol–water partition coefficient (Wildman–Crippen LogP) is 4.51. The lowest BCUT2D eigenvalue weighted by Crippen LogP contribution is -2.38. The number of amides is 1. The lowest BCUT2D eigenvalue weighted by Gasteiger charge is -2.30. The van der Waals surface area contributed by atoms with Crippen molar-refractivity contribution in [2.45, 2.75) is 38.5 Å². The van der Waals surface area contributed by atoms with Gasteiger partial charge in [0.15, 0.2) is 17.3 Å². The summed E-state index contributed by atoms with van der Waals surface area (Å²) in [5.41, 5.74) is 1.43. The standard InChI is InChI=1S/C26H29N3O5/c1-3-33-22-11-9-20(17-23(22)32-2)25-27-26(34-28-25)19-13-15-29(16-14-19)24(31)12-10-21(30)18-7-5-4-6-8-18/h4-9,11,17,19H,3,10,12-16H2,1-2H3. The maximum absolute atomic E-state index is 12.6. The fraction of sp³-hybridized carbons (Fsp3) is 0.385. The third-order valence-electron chi connectivity index (χ3n) is 6.02. The first-order valence-corrected chi connectivity index (χ1v) is 11.6. The second-order valence-electron chi connectivity index (χ2n) is 8.20. The van der Waals surface area contributed by atoms with Crippen molar-refractivity contribution in [1.82, 2.24) is 15.0 Å². The largest absolute Gasteiger partial charge is 0.493 e. The Balaban J connectivity index is 1.31. The molecule has 1 fully saturated rings. The Morgan fingerprint density at radius 1 is 1.06 bits per heavy atom. The van der Waals surface area contributed by atoms with Crippen LogP contribution >= 0.6 is 0 Å². The van der Waals surface area contributed by atoms with Crippen LogP contribution < -0.4 is 9.47 Å². The highest BCUT2D eigenvalue weighted by Crippen LogP contribution is 2.33. The summed E-state index contributed by atoms with van der Waals surface area (Å²) >= 11 is 0. The van der Waals surface area contributed by atoms with Gasteiger partial charge in [-0.05, 0) is 38.0 Å². The third-order valence-corrected chi connectivity index (χ3v) is 6.02. The first-order chi connectivity index (χ1) is 16.6. The molecule has 178 valence electrons. The van der Waals surface area contributed by atoms with Crippen molar-refractivity contribution in [3.05, 3.63) is 60.0 Å². The van der Waals surface area contributed by atoms with Crippen molar-refractivity contribution in [3.63, 3.8) is 0 Å². The number of hydrogen-bond donors (Lipinski definition) is 0. The number of Topliss-reactive ketones (excluding diaryl/α,β-unsaturated/α-hetero) is 1. The van der Waals surface area contributed by atoms with Crippen molar-refractivity contribution >= 4 is 11.7 Å². The van der Waals surface area contributed by atoms with Crippen LogP contribution in [-0.2, 0) is 4.79 Å². The maximum atomic E-state index is 12.6. The summed E-state index contributed by atoms with van der Waals surface area (Å²) < 4.78 is 16.5. The molecule has 0 N–H and O–H groups in total. The van der Waals surface area contributed by atoms with E-state index in [0.29, 0.717) is 48.5 Å². The van der Waals surface area contributed by atoms with Gasteiger partial charge in [0.25, 0.3) is 0 Å².